The van der Waals surface area contributed by atoms with Gasteiger partial charge in [0.2, 0.25) is 11.8 Å². The summed E-state index contributed by atoms with van der Waals surface area (Å²) >= 11 is 3.35. The average Bonchev–Trinajstić information content (AvgIpc) is 3.22. The van der Waals surface area contributed by atoms with Crippen molar-refractivity contribution < 1.29 is 14.4 Å². The summed E-state index contributed by atoms with van der Waals surface area (Å²) in [5, 5.41) is 0. The van der Waals surface area contributed by atoms with E-state index in [0.717, 1.165) is 30.4 Å². The Bertz CT molecular complexity index is 678. The predicted octanol–water partition coefficient (Wildman–Crippen LogP) is 2.18. The van der Waals surface area contributed by atoms with Crippen LogP contribution in [0.1, 0.15) is 36.0 Å². The number of hydrogen-bond acceptors (Lipinski definition) is 4. The van der Waals surface area contributed by atoms with Gasteiger partial charge in [0.15, 0.2) is 5.78 Å². The van der Waals surface area contributed by atoms with Crippen LogP contribution in [0.4, 0.5) is 0 Å². The van der Waals surface area contributed by atoms with Crippen LogP contribution in [0.5, 0.6) is 0 Å². The topological polar surface area (TPSA) is 60.9 Å². The molecule has 2 amide bonds. The molecule has 0 unspecified atom stereocenters. The van der Waals surface area contributed by atoms with E-state index in [1.165, 1.54) is 0 Å². The molecule has 0 radical (unpaired) electrons. The van der Waals surface area contributed by atoms with Gasteiger partial charge >= 0.3 is 0 Å². The summed E-state index contributed by atoms with van der Waals surface area (Å²) in [7, 11) is 0. The van der Waals surface area contributed by atoms with Crippen LogP contribution in [-0.4, -0.2) is 78.1 Å². The fraction of sp³-hybridized carbons (Fsp3) is 0.550. The molecule has 2 saturated heterocycles. The number of halogens is 1. The first-order valence-electron chi connectivity index (χ1n) is 9.59. The first-order chi connectivity index (χ1) is 13.0. The molecule has 0 spiro atoms. The molecule has 0 atom stereocenters. The van der Waals surface area contributed by atoms with E-state index in [4.69, 9.17) is 0 Å². The Balaban J connectivity index is 1.38. The van der Waals surface area contributed by atoms with Gasteiger partial charge in [-0.15, -0.1) is 0 Å². The van der Waals surface area contributed by atoms with Crippen molar-refractivity contribution in [3.8, 4) is 0 Å². The van der Waals surface area contributed by atoms with Gasteiger partial charge in [0.25, 0.3) is 0 Å². The Kier molecular flexibility index (Phi) is 7.01. The number of Topliss-reactive ketones (excluding diaryl/α,β-unsaturated/α-hetero) is 1. The van der Waals surface area contributed by atoms with Crippen LogP contribution < -0.4 is 0 Å². The molecule has 0 N–H and O–H groups in total. The fourth-order valence-electron chi connectivity index (χ4n) is 3.57. The number of likely N-dealkylation sites (tertiary alicyclic amines) is 1. The third kappa shape index (κ3) is 5.62. The molecule has 0 aromatic heterocycles. The highest BCUT2D eigenvalue weighted by Crippen LogP contribution is 2.14. The van der Waals surface area contributed by atoms with Crippen LogP contribution in [0.3, 0.4) is 0 Å². The van der Waals surface area contributed by atoms with Crippen LogP contribution in [-0.2, 0) is 9.59 Å². The monoisotopic (exact) mass is 435 g/mol. The molecule has 3 rings (SSSR count). The zero-order valence-electron chi connectivity index (χ0n) is 15.5. The third-order valence-corrected chi connectivity index (χ3v) is 5.80. The van der Waals surface area contributed by atoms with E-state index in [2.05, 4.69) is 20.8 Å². The molecule has 7 heteroatoms. The number of benzene rings is 1. The summed E-state index contributed by atoms with van der Waals surface area (Å²) in [6.07, 6.45) is 2.68. The number of ketones is 1. The Hall–Kier alpha value is -1.73. The molecule has 1 aromatic rings. The summed E-state index contributed by atoms with van der Waals surface area (Å²) in [5.74, 6) is 0.212. The Morgan fingerprint density at radius 2 is 1.37 bits per heavy atom. The van der Waals surface area contributed by atoms with E-state index < -0.39 is 0 Å². The van der Waals surface area contributed by atoms with E-state index in [1.54, 1.807) is 12.1 Å². The lowest BCUT2D eigenvalue weighted by Gasteiger charge is -2.35. The van der Waals surface area contributed by atoms with Gasteiger partial charge in [-0.25, -0.2) is 0 Å². The standard InChI is InChI=1S/C20H26BrN3O3/c21-17-5-3-16(4-6-17)18(25)7-8-19(26)24-13-11-22(12-14-24)15-20(27)23-9-1-2-10-23/h3-6H,1-2,7-15H2. The summed E-state index contributed by atoms with van der Waals surface area (Å²) < 4.78 is 0.927. The minimum absolute atomic E-state index is 0.00861. The third-order valence-electron chi connectivity index (χ3n) is 5.27. The van der Waals surface area contributed by atoms with Gasteiger partial charge in [-0.05, 0) is 25.0 Å². The number of amides is 2. The maximum atomic E-state index is 12.4. The van der Waals surface area contributed by atoms with E-state index in [-0.39, 0.29) is 30.4 Å². The zero-order valence-corrected chi connectivity index (χ0v) is 17.1. The van der Waals surface area contributed by atoms with Gasteiger partial charge in [-0.3, -0.25) is 19.3 Å². The Labute approximate surface area is 168 Å². The molecule has 0 aliphatic carbocycles. The number of nitrogens with zero attached hydrogens (tertiary/aromatic N) is 3. The van der Waals surface area contributed by atoms with Crippen LogP contribution in [0.15, 0.2) is 28.7 Å². The molecule has 146 valence electrons. The minimum atomic E-state index is -0.00861. The number of carbonyl (C=O) groups is 3. The van der Waals surface area contributed by atoms with Gasteiger partial charge in [-0.1, -0.05) is 28.1 Å². The molecule has 2 fully saturated rings. The van der Waals surface area contributed by atoms with Crippen molar-refractivity contribution in [2.45, 2.75) is 25.7 Å². The zero-order chi connectivity index (χ0) is 19.2. The van der Waals surface area contributed by atoms with Crippen molar-refractivity contribution >= 4 is 33.5 Å². The van der Waals surface area contributed by atoms with Crippen LogP contribution >= 0.6 is 15.9 Å². The minimum Gasteiger partial charge on any atom is -0.342 e. The first kappa shape index (κ1) is 20.0. The van der Waals surface area contributed by atoms with Gasteiger partial charge < -0.3 is 9.80 Å². The van der Waals surface area contributed by atoms with Gasteiger partial charge in [0.1, 0.15) is 0 Å². The summed E-state index contributed by atoms with van der Waals surface area (Å²) in [5.41, 5.74) is 0.635. The summed E-state index contributed by atoms with van der Waals surface area (Å²) in [6.45, 7) is 4.88. The van der Waals surface area contributed by atoms with Crippen molar-refractivity contribution in [1.29, 1.82) is 0 Å². The normalized spacial score (nSPS) is 18.0. The lowest BCUT2D eigenvalue weighted by Crippen LogP contribution is -2.51. The predicted molar refractivity (Wildman–Crippen MR) is 107 cm³/mol. The molecule has 27 heavy (non-hydrogen) atoms. The Morgan fingerprint density at radius 1 is 0.778 bits per heavy atom. The largest absolute Gasteiger partial charge is 0.342 e. The smallest absolute Gasteiger partial charge is 0.236 e. The Morgan fingerprint density at radius 3 is 2.00 bits per heavy atom. The second-order valence-corrected chi connectivity index (χ2v) is 8.09. The summed E-state index contributed by atoms with van der Waals surface area (Å²) in [6, 6.07) is 7.20. The van der Waals surface area contributed by atoms with Gasteiger partial charge in [0.05, 0.1) is 6.54 Å². The highest BCUT2D eigenvalue weighted by Gasteiger charge is 2.25. The van der Waals surface area contributed by atoms with Gasteiger partial charge in [-0.2, -0.15) is 0 Å². The first-order valence-corrected chi connectivity index (χ1v) is 10.4. The molecular formula is C20H26BrN3O3. The molecule has 2 heterocycles. The highest BCUT2D eigenvalue weighted by molar-refractivity contribution is 9.10. The van der Waals surface area contributed by atoms with E-state index in [9.17, 15) is 14.4 Å². The quantitative estimate of drug-likeness (QED) is 0.642. The average molecular weight is 436 g/mol. The molecule has 6 nitrogen and oxygen atoms in total. The van der Waals surface area contributed by atoms with Crippen molar-refractivity contribution in [3.63, 3.8) is 0 Å². The highest BCUT2D eigenvalue weighted by atomic mass is 79.9. The molecule has 2 aliphatic heterocycles. The number of carbonyl (C=O) groups excluding carboxylic acids is 3. The molecule has 2 aliphatic rings. The molecule has 0 saturated carbocycles. The maximum Gasteiger partial charge on any atom is 0.236 e. The lowest BCUT2D eigenvalue weighted by atomic mass is 10.1. The molecular weight excluding hydrogens is 410 g/mol. The number of rotatable bonds is 6. The van der Waals surface area contributed by atoms with Crippen LogP contribution in [0.2, 0.25) is 0 Å². The van der Waals surface area contributed by atoms with Crippen molar-refractivity contribution in [1.82, 2.24) is 14.7 Å². The van der Waals surface area contributed by atoms with Gasteiger partial charge in [0, 0.05) is 62.1 Å². The van der Waals surface area contributed by atoms with Crippen molar-refractivity contribution in [2.75, 3.05) is 45.8 Å². The maximum absolute atomic E-state index is 12.4. The van der Waals surface area contributed by atoms with Crippen molar-refractivity contribution in [3.05, 3.63) is 34.3 Å². The van der Waals surface area contributed by atoms with E-state index in [1.807, 2.05) is 21.9 Å². The van der Waals surface area contributed by atoms with E-state index in [0.29, 0.717) is 38.3 Å². The summed E-state index contributed by atoms with van der Waals surface area (Å²) in [4.78, 5) is 42.7. The molecule has 1 aromatic carbocycles. The number of piperazine rings is 1. The molecule has 0 bridgehead atoms. The van der Waals surface area contributed by atoms with Crippen molar-refractivity contribution in [2.24, 2.45) is 0 Å². The second-order valence-electron chi connectivity index (χ2n) is 7.17. The fourth-order valence-corrected chi connectivity index (χ4v) is 3.84. The number of hydrogen-bond donors (Lipinski definition) is 0. The lowest BCUT2D eigenvalue weighted by molar-refractivity contribution is -0.134. The van der Waals surface area contributed by atoms with Crippen LogP contribution in [0.25, 0.3) is 0 Å². The second kappa shape index (κ2) is 9.46. The van der Waals surface area contributed by atoms with E-state index >= 15 is 0 Å². The van der Waals surface area contributed by atoms with Crippen LogP contribution in [0, 0.1) is 0 Å². The SMILES string of the molecule is O=C(CCC(=O)N1CCN(CC(=O)N2CCCC2)CC1)c1ccc(Br)cc1.